The molecule has 0 aliphatic carbocycles. The van der Waals surface area contributed by atoms with E-state index in [2.05, 4.69) is 15.4 Å². The third-order valence-corrected chi connectivity index (χ3v) is 6.63. The number of rotatable bonds is 5. The largest absolute Gasteiger partial charge is 0.319 e. The molecule has 0 aliphatic heterocycles. The zero-order valence-electron chi connectivity index (χ0n) is 17.7. The predicted molar refractivity (Wildman–Crippen MR) is 117 cm³/mol. The Kier molecular flexibility index (Phi) is 6.28. The molecule has 3 aromatic rings. The van der Waals surface area contributed by atoms with Gasteiger partial charge in [0.05, 0.1) is 4.90 Å². The average molecular weight is 441 g/mol. The highest BCUT2D eigenvalue weighted by atomic mass is 32.2. The summed E-state index contributed by atoms with van der Waals surface area (Å²) in [6.07, 6.45) is 0. The van der Waals surface area contributed by atoms with Gasteiger partial charge >= 0.3 is 0 Å². The van der Waals surface area contributed by atoms with E-state index in [4.69, 9.17) is 0 Å². The van der Waals surface area contributed by atoms with Gasteiger partial charge < -0.3 is 4.57 Å². The highest BCUT2D eigenvalue weighted by Gasteiger charge is 2.19. The van der Waals surface area contributed by atoms with Crippen LogP contribution in [0.15, 0.2) is 65.6 Å². The maximum atomic E-state index is 12.4. The third-order valence-electron chi connectivity index (χ3n) is 4.82. The van der Waals surface area contributed by atoms with Crippen LogP contribution in [0.3, 0.4) is 0 Å². The van der Waals surface area contributed by atoms with E-state index in [0.29, 0.717) is 5.56 Å². The van der Waals surface area contributed by atoms with Crippen LogP contribution in [0, 0.1) is 13.8 Å². The first-order valence-electron chi connectivity index (χ1n) is 9.50. The Morgan fingerprint density at radius 3 is 1.90 bits per heavy atom. The van der Waals surface area contributed by atoms with Crippen LogP contribution in [-0.4, -0.2) is 43.2 Å². The first kappa shape index (κ1) is 22.3. The van der Waals surface area contributed by atoms with Gasteiger partial charge in [-0.15, -0.1) is 0 Å². The molecule has 2 aromatic carbocycles. The van der Waals surface area contributed by atoms with E-state index in [9.17, 15) is 18.0 Å². The van der Waals surface area contributed by atoms with Crippen LogP contribution in [0.5, 0.6) is 0 Å². The van der Waals surface area contributed by atoms with Crippen molar-refractivity contribution in [3.8, 4) is 5.69 Å². The van der Waals surface area contributed by atoms with Gasteiger partial charge in [0.25, 0.3) is 11.8 Å². The topological polar surface area (TPSA) is 101 Å². The third kappa shape index (κ3) is 4.68. The van der Waals surface area contributed by atoms with Gasteiger partial charge in [-0.1, -0.05) is 6.07 Å². The molecule has 0 saturated carbocycles. The second-order valence-electron chi connectivity index (χ2n) is 7.22. The summed E-state index contributed by atoms with van der Waals surface area (Å²) < 4.78 is 27.6. The Morgan fingerprint density at radius 1 is 0.806 bits per heavy atom. The van der Waals surface area contributed by atoms with Gasteiger partial charge in [-0.25, -0.2) is 12.7 Å². The summed E-state index contributed by atoms with van der Waals surface area (Å²) in [6, 6.07) is 16.6. The Balaban J connectivity index is 1.68. The number of hydrogen-bond donors (Lipinski definition) is 2. The van der Waals surface area contributed by atoms with Crippen LogP contribution in [0.2, 0.25) is 0 Å². The van der Waals surface area contributed by atoms with Crippen LogP contribution >= 0.6 is 0 Å². The van der Waals surface area contributed by atoms with Crippen molar-refractivity contribution >= 4 is 21.8 Å². The molecule has 1 heterocycles. The number of sulfonamides is 1. The standard InChI is InChI=1S/C22H24N4O4S/c1-15-8-9-16(2)26(15)19-12-10-17(11-13-19)21(27)23-24-22(28)18-6-5-7-20(14-18)31(29,30)25(3)4/h5-14H,1-4H3,(H,23,27)(H,24,28). The number of benzene rings is 2. The Morgan fingerprint density at radius 2 is 1.35 bits per heavy atom. The van der Waals surface area contributed by atoms with Gasteiger partial charge in [0.15, 0.2) is 0 Å². The lowest BCUT2D eigenvalue weighted by atomic mass is 10.2. The number of nitrogens with zero attached hydrogens (tertiary/aromatic N) is 2. The summed E-state index contributed by atoms with van der Waals surface area (Å²) in [7, 11) is -0.854. The highest BCUT2D eigenvalue weighted by Crippen LogP contribution is 2.17. The summed E-state index contributed by atoms with van der Waals surface area (Å²) in [5.74, 6) is -1.11. The lowest BCUT2D eigenvalue weighted by Crippen LogP contribution is -2.41. The van der Waals surface area contributed by atoms with E-state index in [-0.39, 0.29) is 10.5 Å². The first-order chi connectivity index (χ1) is 14.6. The van der Waals surface area contributed by atoms with E-state index >= 15 is 0 Å². The SMILES string of the molecule is Cc1ccc(C)n1-c1ccc(C(=O)NNC(=O)c2cccc(S(=O)(=O)N(C)C)c2)cc1. The second kappa shape index (κ2) is 8.75. The monoisotopic (exact) mass is 440 g/mol. The van der Waals surface area contributed by atoms with Gasteiger partial charge in [-0.2, -0.15) is 0 Å². The molecule has 3 rings (SSSR count). The van der Waals surface area contributed by atoms with Gasteiger partial charge in [-0.3, -0.25) is 20.4 Å². The molecular weight excluding hydrogens is 416 g/mol. The summed E-state index contributed by atoms with van der Waals surface area (Å²) in [6.45, 7) is 4.00. The number of nitrogens with one attached hydrogen (secondary N) is 2. The van der Waals surface area contributed by atoms with E-state index < -0.39 is 21.8 Å². The molecule has 0 unspecified atom stereocenters. The predicted octanol–water partition coefficient (Wildman–Crippen LogP) is 2.42. The molecule has 2 N–H and O–H groups in total. The van der Waals surface area contributed by atoms with Crippen LogP contribution in [0.25, 0.3) is 5.69 Å². The zero-order valence-corrected chi connectivity index (χ0v) is 18.5. The summed E-state index contributed by atoms with van der Waals surface area (Å²) in [5, 5.41) is 0. The Hall–Kier alpha value is -3.43. The van der Waals surface area contributed by atoms with Gasteiger partial charge in [0.2, 0.25) is 10.0 Å². The number of aryl methyl sites for hydroxylation is 2. The minimum absolute atomic E-state index is 0.0114. The fourth-order valence-corrected chi connectivity index (χ4v) is 4.05. The lowest BCUT2D eigenvalue weighted by Gasteiger charge is -2.13. The van der Waals surface area contributed by atoms with Gasteiger partial charge in [0, 0.05) is 42.3 Å². The van der Waals surface area contributed by atoms with E-state index in [1.165, 1.54) is 38.4 Å². The normalized spacial score (nSPS) is 11.4. The molecule has 0 aliphatic rings. The summed E-state index contributed by atoms with van der Waals surface area (Å²) in [4.78, 5) is 24.8. The molecule has 8 nitrogen and oxygen atoms in total. The van der Waals surface area contributed by atoms with E-state index in [1.807, 2.05) is 38.1 Å². The number of carbonyl (C=O) groups is 2. The lowest BCUT2D eigenvalue weighted by molar-refractivity contribution is 0.0846. The second-order valence-corrected chi connectivity index (χ2v) is 9.37. The van der Waals surface area contributed by atoms with Crippen molar-refractivity contribution < 1.29 is 18.0 Å². The van der Waals surface area contributed by atoms with Crippen LogP contribution in [0.1, 0.15) is 32.1 Å². The molecule has 31 heavy (non-hydrogen) atoms. The molecule has 162 valence electrons. The van der Waals surface area contributed by atoms with Crippen LogP contribution in [0.4, 0.5) is 0 Å². The smallest absolute Gasteiger partial charge is 0.269 e. The fraction of sp³-hybridized carbons (Fsp3) is 0.182. The van der Waals surface area contributed by atoms with Crippen molar-refractivity contribution in [1.29, 1.82) is 0 Å². The summed E-state index contributed by atoms with van der Waals surface area (Å²) in [5.41, 5.74) is 8.24. The number of amides is 2. The number of carbonyl (C=O) groups excluding carboxylic acids is 2. The van der Waals surface area contributed by atoms with Crippen molar-refractivity contribution in [1.82, 2.24) is 19.7 Å². The minimum atomic E-state index is -3.67. The quantitative estimate of drug-likeness (QED) is 0.595. The summed E-state index contributed by atoms with van der Waals surface area (Å²) >= 11 is 0. The molecule has 9 heteroatoms. The minimum Gasteiger partial charge on any atom is -0.319 e. The van der Waals surface area contributed by atoms with Crippen LogP contribution in [-0.2, 0) is 10.0 Å². The Bertz CT molecular complexity index is 1210. The van der Waals surface area contributed by atoms with Crippen molar-refractivity contribution in [3.63, 3.8) is 0 Å². The molecule has 0 saturated heterocycles. The molecule has 0 spiro atoms. The molecule has 0 fully saturated rings. The van der Waals surface area contributed by atoms with Crippen molar-refractivity contribution in [2.45, 2.75) is 18.7 Å². The van der Waals surface area contributed by atoms with E-state index in [1.54, 1.807) is 12.1 Å². The molecule has 0 atom stereocenters. The maximum Gasteiger partial charge on any atom is 0.269 e. The van der Waals surface area contributed by atoms with Crippen LogP contribution < -0.4 is 10.9 Å². The molecule has 0 bridgehead atoms. The number of hydrazine groups is 1. The van der Waals surface area contributed by atoms with Crippen molar-refractivity contribution in [2.24, 2.45) is 0 Å². The van der Waals surface area contributed by atoms with Crippen molar-refractivity contribution in [2.75, 3.05) is 14.1 Å². The molecular formula is C22H24N4O4S. The fourth-order valence-electron chi connectivity index (χ4n) is 3.10. The highest BCUT2D eigenvalue weighted by molar-refractivity contribution is 7.89. The number of aromatic nitrogens is 1. The Labute approximate surface area is 181 Å². The first-order valence-corrected chi connectivity index (χ1v) is 10.9. The van der Waals surface area contributed by atoms with Gasteiger partial charge in [0.1, 0.15) is 0 Å². The number of hydrogen-bond acceptors (Lipinski definition) is 4. The van der Waals surface area contributed by atoms with E-state index in [0.717, 1.165) is 21.4 Å². The molecule has 2 amide bonds. The molecule has 1 aromatic heterocycles. The van der Waals surface area contributed by atoms with Crippen molar-refractivity contribution in [3.05, 3.63) is 83.2 Å². The molecule has 0 radical (unpaired) electrons. The average Bonchev–Trinajstić information content (AvgIpc) is 3.09. The van der Waals surface area contributed by atoms with Gasteiger partial charge in [-0.05, 0) is 68.4 Å². The zero-order chi connectivity index (χ0) is 22.8. The maximum absolute atomic E-state index is 12.4.